The van der Waals surface area contributed by atoms with Crippen LogP contribution in [0.15, 0.2) is 12.4 Å². The van der Waals surface area contributed by atoms with Crippen LogP contribution < -0.4 is 5.32 Å². The molecule has 0 unspecified atom stereocenters. The van der Waals surface area contributed by atoms with E-state index in [-0.39, 0.29) is 0 Å². The van der Waals surface area contributed by atoms with Gasteiger partial charge in [-0.2, -0.15) is 0 Å². The van der Waals surface area contributed by atoms with E-state index in [9.17, 15) is 8.42 Å². The van der Waals surface area contributed by atoms with Gasteiger partial charge in [0.25, 0.3) is 0 Å². The molecule has 0 amide bonds. The number of hydrogen-bond acceptors (Lipinski definition) is 4. The molecule has 0 saturated carbocycles. The largest absolute Gasteiger partial charge is 0.334 e. The average molecular weight is 300 g/mol. The topological polar surface area (TPSA) is 67.2 Å². The van der Waals surface area contributed by atoms with Gasteiger partial charge in [-0.15, -0.1) is 0 Å². The van der Waals surface area contributed by atoms with Gasteiger partial charge in [0.2, 0.25) is 10.0 Å². The Morgan fingerprint density at radius 3 is 2.85 bits per heavy atom. The number of imidazole rings is 1. The van der Waals surface area contributed by atoms with Crippen molar-refractivity contribution >= 4 is 10.0 Å². The molecule has 20 heavy (non-hydrogen) atoms. The van der Waals surface area contributed by atoms with E-state index in [0.29, 0.717) is 25.0 Å². The number of hydrogen-bond donors (Lipinski definition) is 1. The molecule has 0 spiro atoms. The van der Waals surface area contributed by atoms with Crippen LogP contribution in [-0.4, -0.2) is 47.7 Å². The quantitative estimate of drug-likeness (QED) is 0.867. The summed E-state index contributed by atoms with van der Waals surface area (Å²) in [6, 6.07) is 0.343. The van der Waals surface area contributed by atoms with Crippen LogP contribution in [-0.2, 0) is 23.1 Å². The normalized spacial score (nSPS) is 24.9. The third kappa shape index (κ3) is 3.59. The molecule has 0 aliphatic carbocycles. The Morgan fingerprint density at radius 1 is 1.50 bits per heavy atom. The van der Waals surface area contributed by atoms with Gasteiger partial charge in [-0.25, -0.2) is 17.7 Å². The molecule has 0 aromatic carbocycles. The summed E-state index contributed by atoms with van der Waals surface area (Å²) in [6.45, 7) is 7.04. The summed E-state index contributed by atoms with van der Waals surface area (Å²) in [6.07, 6.45) is 5.93. The van der Waals surface area contributed by atoms with Crippen LogP contribution in [0.25, 0.3) is 0 Å². The predicted octanol–water partition coefficient (Wildman–Crippen LogP) is 0.663. The molecule has 0 bridgehead atoms. The maximum absolute atomic E-state index is 11.6. The lowest BCUT2D eigenvalue weighted by Crippen LogP contribution is -2.49. The molecule has 1 aliphatic rings. The van der Waals surface area contributed by atoms with Gasteiger partial charge in [-0.1, -0.05) is 6.92 Å². The SMILES string of the molecule is CCn1ccnc1CN[C@@H]1CCN(S(C)(=O)=O)C[C@H]1C. The van der Waals surface area contributed by atoms with Gasteiger partial charge in [-0.3, -0.25) is 0 Å². The molecule has 0 radical (unpaired) electrons. The first-order valence-corrected chi connectivity index (χ1v) is 8.95. The van der Waals surface area contributed by atoms with Crippen LogP contribution >= 0.6 is 0 Å². The van der Waals surface area contributed by atoms with Crippen LogP contribution in [0.3, 0.4) is 0 Å². The molecule has 2 rings (SSSR count). The molecule has 1 N–H and O–H groups in total. The van der Waals surface area contributed by atoms with Crippen molar-refractivity contribution in [1.82, 2.24) is 19.2 Å². The number of sulfonamides is 1. The van der Waals surface area contributed by atoms with E-state index in [2.05, 4.69) is 28.7 Å². The maximum Gasteiger partial charge on any atom is 0.211 e. The van der Waals surface area contributed by atoms with Crippen LogP contribution in [0, 0.1) is 5.92 Å². The molecule has 7 heteroatoms. The van der Waals surface area contributed by atoms with Gasteiger partial charge in [0.1, 0.15) is 5.82 Å². The van der Waals surface area contributed by atoms with Gasteiger partial charge in [0.15, 0.2) is 0 Å². The first kappa shape index (κ1) is 15.5. The molecule has 1 aromatic rings. The van der Waals surface area contributed by atoms with Crippen LogP contribution in [0.2, 0.25) is 0 Å². The highest BCUT2D eigenvalue weighted by Crippen LogP contribution is 2.19. The Morgan fingerprint density at radius 2 is 2.25 bits per heavy atom. The van der Waals surface area contributed by atoms with Crippen molar-refractivity contribution in [3.63, 3.8) is 0 Å². The highest BCUT2D eigenvalue weighted by Gasteiger charge is 2.30. The summed E-state index contributed by atoms with van der Waals surface area (Å²) in [7, 11) is -3.06. The molecule has 1 aromatic heterocycles. The number of rotatable bonds is 5. The smallest absolute Gasteiger partial charge is 0.211 e. The third-order valence-electron chi connectivity index (χ3n) is 4.00. The maximum atomic E-state index is 11.6. The summed E-state index contributed by atoms with van der Waals surface area (Å²) in [5.74, 6) is 1.34. The molecule has 1 fully saturated rings. The molecular formula is C13H24N4O2S. The Bertz CT molecular complexity index is 540. The molecule has 2 atom stereocenters. The lowest BCUT2D eigenvalue weighted by molar-refractivity contribution is 0.218. The Labute approximate surface area is 121 Å². The second-order valence-electron chi connectivity index (χ2n) is 5.50. The monoisotopic (exact) mass is 300 g/mol. The molecule has 1 aliphatic heterocycles. The number of aryl methyl sites for hydroxylation is 1. The summed E-state index contributed by atoms with van der Waals surface area (Å²) in [4.78, 5) is 4.34. The highest BCUT2D eigenvalue weighted by atomic mass is 32.2. The molecule has 114 valence electrons. The Kier molecular flexibility index (Phi) is 4.82. The van der Waals surface area contributed by atoms with E-state index in [0.717, 1.165) is 25.3 Å². The molecule has 6 nitrogen and oxygen atoms in total. The first-order valence-electron chi connectivity index (χ1n) is 7.10. The fourth-order valence-corrected chi connectivity index (χ4v) is 3.67. The minimum Gasteiger partial charge on any atom is -0.334 e. The minimum absolute atomic E-state index is 0.309. The fraction of sp³-hybridized carbons (Fsp3) is 0.769. The average Bonchev–Trinajstić information content (AvgIpc) is 2.83. The number of nitrogens with one attached hydrogen (secondary N) is 1. The highest BCUT2D eigenvalue weighted by molar-refractivity contribution is 7.88. The van der Waals surface area contributed by atoms with Crippen molar-refractivity contribution in [1.29, 1.82) is 0 Å². The van der Waals surface area contributed by atoms with E-state index >= 15 is 0 Å². The van der Waals surface area contributed by atoms with Crippen LogP contribution in [0.5, 0.6) is 0 Å². The second kappa shape index (κ2) is 6.24. The zero-order chi connectivity index (χ0) is 14.8. The molecule has 2 heterocycles. The Hall–Kier alpha value is -0.920. The fourth-order valence-electron chi connectivity index (χ4n) is 2.73. The van der Waals surface area contributed by atoms with E-state index in [4.69, 9.17) is 0 Å². The summed E-state index contributed by atoms with van der Waals surface area (Å²) in [5.41, 5.74) is 0. The van der Waals surface area contributed by atoms with Crippen molar-refractivity contribution in [2.45, 2.75) is 39.4 Å². The van der Waals surface area contributed by atoms with Crippen molar-refractivity contribution in [2.24, 2.45) is 5.92 Å². The van der Waals surface area contributed by atoms with Gasteiger partial charge in [0.05, 0.1) is 12.8 Å². The zero-order valence-electron chi connectivity index (χ0n) is 12.4. The first-order chi connectivity index (χ1) is 9.41. The molecule has 1 saturated heterocycles. The van der Waals surface area contributed by atoms with Crippen LogP contribution in [0.1, 0.15) is 26.1 Å². The predicted molar refractivity (Wildman–Crippen MR) is 78.7 cm³/mol. The van der Waals surface area contributed by atoms with Crippen molar-refractivity contribution in [3.05, 3.63) is 18.2 Å². The van der Waals surface area contributed by atoms with Crippen LogP contribution in [0.4, 0.5) is 0 Å². The van der Waals surface area contributed by atoms with Crippen molar-refractivity contribution in [3.8, 4) is 0 Å². The molecular weight excluding hydrogens is 276 g/mol. The summed E-state index contributed by atoms with van der Waals surface area (Å²) >= 11 is 0. The zero-order valence-corrected chi connectivity index (χ0v) is 13.2. The van der Waals surface area contributed by atoms with Gasteiger partial charge < -0.3 is 9.88 Å². The lowest BCUT2D eigenvalue weighted by Gasteiger charge is -2.36. The van der Waals surface area contributed by atoms with E-state index in [1.165, 1.54) is 6.26 Å². The lowest BCUT2D eigenvalue weighted by atomic mass is 9.95. The third-order valence-corrected chi connectivity index (χ3v) is 5.27. The number of nitrogens with zero attached hydrogens (tertiary/aromatic N) is 3. The van der Waals surface area contributed by atoms with Crippen molar-refractivity contribution < 1.29 is 8.42 Å². The number of aromatic nitrogens is 2. The van der Waals surface area contributed by atoms with Gasteiger partial charge in [-0.05, 0) is 19.3 Å². The minimum atomic E-state index is -3.06. The van der Waals surface area contributed by atoms with Gasteiger partial charge in [0, 0.05) is 38.1 Å². The summed E-state index contributed by atoms with van der Waals surface area (Å²) < 4.78 is 26.8. The second-order valence-corrected chi connectivity index (χ2v) is 7.49. The van der Waals surface area contributed by atoms with E-state index in [1.54, 1.807) is 4.31 Å². The van der Waals surface area contributed by atoms with Gasteiger partial charge >= 0.3 is 0 Å². The Balaban J connectivity index is 1.89. The number of piperidine rings is 1. The van der Waals surface area contributed by atoms with E-state index in [1.807, 2.05) is 12.4 Å². The summed E-state index contributed by atoms with van der Waals surface area (Å²) in [5, 5.41) is 3.52. The van der Waals surface area contributed by atoms with E-state index < -0.39 is 10.0 Å². The standard InChI is InChI=1S/C13H24N4O2S/c1-4-16-8-6-14-13(16)9-15-12-5-7-17(10-11(12)2)20(3,18)19/h6,8,11-12,15H,4-5,7,9-10H2,1-3H3/t11-,12-/m1/s1. The van der Waals surface area contributed by atoms with Crippen molar-refractivity contribution in [2.75, 3.05) is 19.3 Å².